The molecule has 0 aromatic heterocycles. The van der Waals surface area contributed by atoms with Crippen molar-refractivity contribution in [3.8, 4) is 5.75 Å². The van der Waals surface area contributed by atoms with E-state index in [2.05, 4.69) is 0 Å². The molecule has 2 aromatic rings. The SMILES string of the molecule is COc1cccc(F)c1C(O)c1ccccc1C. The van der Waals surface area contributed by atoms with Crippen LogP contribution in [0.3, 0.4) is 0 Å². The highest BCUT2D eigenvalue weighted by Crippen LogP contribution is 2.33. The van der Waals surface area contributed by atoms with Crippen LogP contribution in [0.4, 0.5) is 4.39 Å². The molecule has 0 saturated carbocycles. The van der Waals surface area contributed by atoms with Gasteiger partial charge in [-0.25, -0.2) is 4.39 Å². The second kappa shape index (κ2) is 5.19. The van der Waals surface area contributed by atoms with E-state index in [4.69, 9.17) is 4.74 Å². The molecule has 1 unspecified atom stereocenters. The number of rotatable bonds is 3. The number of hydrogen-bond acceptors (Lipinski definition) is 2. The van der Waals surface area contributed by atoms with Crippen molar-refractivity contribution in [1.82, 2.24) is 0 Å². The molecule has 0 heterocycles. The van der Waals surface area contributed by atoms with E-state index in [0.717, 1.165) is 5.56 Å². The molecule has 18 heavy (non-hydrogen) atoms. The Bertz CT molecular complexity index is 552. The summed E-state index contributed by atoms with van der Waals surface area (Å²) in [6, 6.07) is 11.9. The van der Waals surface area contributed by atoms with Gasteiger partial charge in [-0.1, -0.05) is 30.3 Å². The Morgan fingerprint density at radius 2 is 1.83 bits per heavy atom. The van der Waals surface area contributed by atoms with E-state index in [1.54, 1.807) is 18.2 Å². The maximum Gasteiger partial charge on any atom is 0.133 e. The maximum atomic E-state index is 13.9. The van der Waals surface area contributed by atoms with Crippen LogP contribution < -0.4 is 4.74 Å². The first-order chi connectivity index (χ1) is 8.65. The largest absolute Gasteiger partial charge is 0.496 e. The molecule has 0 fully saturated rings. The molecular weight excluding hydrogens is 231 g/mol. The average molecular weight is 246 g/mol. The summed E-state index contributed by atoms with van der Waals surface area (Å²) in [4.78, 5) is 0. The van der Waals surface area contributed by atoms with Crippen molar-refractivity contribution in [2.24, 2.45) is 0 Å². The third-order valence-corrected chi connectivity index (χ3v) is 2.99. The number of benzene rings is 2. The highest BCUT2D eigenvalue weighted by atomic mass is 19.1. The minimum absolute atomic E-state index is 0.175. The average Bonchev–Trinajstić information content (AvgIpc) is 2.38. The first kappa shape index (κ1) is 12.6. The third kappa shape index (κ3) is 2.22. The number of halogens is 1. The van der Waals surface area contributed by atoms with Gasteiger partial charge in [0.15, 0.2) is 0 Å². The van der Waals surface area contributed by atoms with Gasteiger partial charge in [-0.15, -0.1) is 0 Å². The molecule has 0 aliphatic heterocycles. The topological polar surface area (TPSA) is 29.5 Å². The van der Waals surface area contributed by atoms with E-state index in [1.165, 1.54) is 13.2 Å². The van der Waals surface area contributed by atoms with Crippen LogP contribution >= 0.6 is 0 Å². The van der Waals surface area contributed by atoms with Gasteiger partial charge in [0.25, 0.3) is 0 Å². The normalized spacial score (nSPS) is 12.2. The van der Waals surface area contributed by atoms with E-state index in [9.17, 15) is 9.50 Å². The van der Waals surface area contributed by atoms with Crippen molar-refractivity contribution in [3.63, 3.8) is 0 Å². The molecule has 0 radical (unpaired) electrons. The third-order valence-electron chi connectivity index (χ3n) is 2.99. The Morgan fingerprint density at radius 3 is 2.50 bits per heavy atom. The number of aryl methyl sites for hydroxylation is 1. The highest BCUT2D eigenvalue weighted by Gasteiger charge is 2.20. The number of aliphatic hydroxyl groups is 1. The lowest BCUT2D eigenvalue weighted by molar-refractivity contribution is 0.208. The Balaban J connectivity index is 2.52. The van der Waals surface area contributed by atoms with Gasteiger partial charge in [-0.3, -0.25) is 0 Å². The summed E-state index contributed by atoms with van der Waals surface area (Å²) in [5.74, 6) is -0.115. The van der Waals surface area contributed by atoms with Crippen LogP contribution in [-0.2, 0) is 0 Å². The second-order valence-corrected chi connectivity index (χ2v) is 4.11. The minimum atomic E-state index is -1.03. The van der Waals surface area contributed by atoms with Gasteiger partial charge in [-0.2, -0.15) is 0 Å². The summed E-state index contributed by atoms with van der Waals surface area (Å²) in [6.45, 7) is 1.88. The predicted octanol–water partition coefficient (Wildman–Crippen LogP) is 3.22. The Labute approximate surface area is 106 Å². The van der Waals surface area contributed by atoms with Gasteiger partial charge < -0.3 is 9.84 Å². The zero-order valence-corrected chi connectivity index (χ0v) is 10.4. The van der Waals surface area contributed by atoms with Crippen LogP contribution in [0.1, 0.15) is 22.8 Å². The maximum absolute atomic E-state index is 13.9. The van der Waals surface area contributed by atoms with Gasteiger partial charge in [0.1, 0.15) is 17.7 Å². The van der Waals surface area contributed by atoms with Crippen molar-refractivity contribution < 1.29 is 14.2 Å². The van der Waals surface area contributed by atoms with E-state index >= 15 is 0 Å². The first-order valence-electron chi connectivity index (χ1n) is 5.71. The van der Waals surface area contributed by atoms with E-state index in [1.807, 2.05) is 25.1 Å². The smallest absolute Gasteiger partial charge is 0.133 e. The summed E-state index contributed by atoms with van der Waals surface area (Å²) in [7, 11) is 1.46. The lowest BCUT2D eigenvalue weighted by atomic mass is 9.96. The summed E-state index contributed by atoms with van der Waals surface area (Å²) in [6.07, 6.45) is -1.03. The van der Waals surface area contributed by atoms with Gasteiger partial charge in [-0.05, 0) is 30.2 Å². The lowest BCUT2D eigenvalue weighted by Crippen LogP contribution is -2.06. The molecule has 94 valence electrons. The molecular formula is C15H15FO2. The fraction of sp³-hybridized carbons (Fsp3) is 0.200. The number of hydrogen-bond donors (Lipinski definition) is 1. The van der Waals surface area contributed by atoms with Crippen molar-refractivity contribution in [2.45, 2.75) is 13.0 Å². The minimum Gasteiger partial charge on any atom is -0.496 e. The van der Waals surface area contributed by atoms with Crippen LogP contribution in [0.5, 0.6) is 5.75 Å². The van der Waals surface area contributed by atoms with Crippen LogP contribution in [-0.4, -0.2) is 12.2 Å². The number of ether oxygens (including phenoxy) is 1. The summed E-state index contributed by atoms with van der Waals surface area (Å²) >= 11 is 0. The van der Waals surface area contributed by atoms with Crippen molar-refractivity contribution >= 4 is 0 Å². The van der Waals surface area contributed by atoms with Crippen LogP contribution in [0.25, 0.3) is 0 Å². The van der Waals surface area contributed by atoms with Gasteiger partial charge in [0.05, 0.1) is 12.7 Å². The molecule has 0 bridgehead atoms. The molecule has 0 amide bonds. The molecule has 0 saturated heterocycles. The molecule has 3 heteroatoms. The molecule has 2 rings (SSSR count). The molecule has 2 nitrogen and oxygen atoms in total. The number of methoxy groups -OCH3 is 1. The van der Waals surface area contributed by atoms with Crippen molar-refractivity contribution in [2.75, 3.05) is 7.11 Å². The fourth-order valence-corrected chi connectivity index (χ4v) is 2.01. The van der Waals surface area contributed by atoms with Gasteiger partial charge in [0.2, 0.25) is 0 Å². The monoisotopic (exact) mass is 246 g/mol. The Hall–Kier alpha value is -1.87. The fourth-order valence-electron chi connectivity index (χ4n) is 2.01. The van der Waals surface area contributed by atoms with Crippen LogP contribution in [0.2, 0.25) is 0 Å². The molecule has 1 atom stereocenters. The zero-order chi connectivity index (χ0) is 13.1. The standard InChI is InChI=1S/C15H15FO2/c1-10-6-3-4-7-11(10)15(17)14-12(16)8-5-9-13(14)18-2/h3-9,15,17H,1-2H3. The Kier molecular flexibility index (Phi) is 3.63. The van der Waals surface area contributed by atoms with Crippen LogP contribution in [0, 0.1) is 12.7 Å². The predicted molar refractivity (Wildman–Crippen MR) is 68.2 cm³/mol. The van der Waals surface area contributed by atoms with E-state index in [-0.39, 0.29) is 5.56 Å². The molecule has 0 aliphatic carbocycles. The first-order valence-corrected chi connectivity index (χ1v) is 5.71. The quantitative estimate of drug-likeness (QED) is 0.901. The summed E-state index contributed by atoms with van der Waals surface area (Å²) in [5, 5.41) is 10.3. The van der Waals surface area contributed by atoms with Crippen molar-refractivity contribution in [3.05, 3.63) is 65.0 Å². The molecule has 2 aromatic carbocycles. The second-order valence-electron chi connectivity index (χ2n) is 4.11. The van der Waals surface area contributed by atoms with E-state index in [0.29, 0.717) is 11.3 Å². The van der Waals surface area contributed by atoms with Crippen LogP contribution in [0.15, 0.2) is 42.5 Å². The van der Waals surface area contributed by atoms with Crippen molar-refractivity contribution in [1.29, 1.82) is 0 Å². The highest BCUT2D eigenvalue weighted by molar-refractivity contribution is 5.43. The van der Waals surface area contributed by atoms with Gasteiger partial charge in [0, 0.05) is 0 Å². The van der Waals surface area contributed by atoms with Gasteiger partial charge >= 0.3 is 0 Å². The lowest BCUT2D eigenvalue weighted by Gasteiger charge is -2.17. The van der Waals surface area contributed by atoms with E-state index < -0.39 is 11.9 Å². The number of aliphatic hydroxyl groups excluding tert-OH is 1. The Morgan fingerprint density at radius 1 is 1.11 bits per heavy atom. The molecule has 0 aliphatic rings. The summed E-state index contributed by atoms with van der Waals surface area (Å²) < 4.78 is 19.0. The summed E-state index contributed by atoms with van der Waals surface area (Å²) in [5.41, 5.74) is 1.77. The zero-order valence-electron chi connectivity index (χ0n) is 10.4. The molecule has 0 spiro atoms. The molecule has 1 N–H and O–H groups in total.